The summed E-state index contributed by atoms with van der Waals surface area (Å²) >= 11 is 0. The Morgan fingerprint density at radius 1 is 1.67 bits per heavy atom. The molecule has 1 saturated heterocycles. The predicted octanol–water partition coefficient (Wildman–Crippen LogP) is 0.626. The van der Waals surface area contributed by atoms with E-state index in [1.165, 1.54) is 0 Å². The Bertz CT molecular complexity index is 166. The van der Waals surface area contributed by atoms with Crippen LogP contribution < -0.4 is 0 Å². The van der Waals surface area contributed by atoms with Crippen LogP contribution in [0.15, 0.2) is 0 Å². The number of likely N-dealkylation sites (tertiary alicyclic amines) is 1. The molecular formula is C9H17NO2. The van der Waals surface area contributed by atoms with Crippen molar-refractivity contribution >= 4 is 5.91 Å². The van der Waals surface area contributed by atoms with Gasteiger partial charge in [-0.1, -0.05) is 13.8 Å². The highest BCUT2D eigenvalue weighted by atomic mass is 16.3. The standard InChI is InChI=1S/C9H17NO2/c1-7(2)5-10-6-8(11)3-4-9(10)12/h7-8,11H,3-6H2,1-2H3. The SMILES string of the molecule is CC(C)CN1CC(O)CCC1=O. The number of carbonyl (C=O) groups is 1. The number of hydrogen-bond acceptors (Lipinski definition) is 2. The van der Waals surface area contributed by atoms with Crippen molar-refractivity contribution in [2.45, 2.75) is 32.8 Å². The van der Waals surface area contributed by atoms with Gasteiger partial charge in [-0.25, -0.2) is 0 Å². The van der Waals surface area contributed by atoms with Crippen LogP contribution in [0.4, 0.5) is 0 Å². The van der Waals surface area contributed by atoms with Gasteiger partial charge in [-0.15, -0.1) is 0 Å². The van der Waals surface area contributed by atoms with Crippen molar-refractivity contribution in [2.24, 2.45) is 5.92 Å². The summed E-state index contributed by atoms with van der Waals surface area (Å²) in [6.45, 7) is 5.45. The summed E-state index contributed by atoms with van der Waals surface area (Å²) in [6, 6.07) is 0. The largest absolute Gasteiger partial charge is 0.391 e. The maximum absolute atomic E-state index is 11.3. The third kappa shape index (κ3) is 2.48. The van der Waals surface area contributed by atoms with Crippen LogP contribution in [0.25, 0.3) is 0 Å². The molecule has 70 valence electrons. The molecule has 0 aromatic heterocycles. The first kappa shape index (κ1) is 9.52. The Labute approximate surface area is 73.4 Å². The van der Waals surface area contributed by atoms with Gasteiger partial charge in [-0.2, -0.15) is 0 Å². The average molecular weight is 171 g/mol. The highest BCUT2D eigenvalue weighted by molar-refractivity contribution is 5.77. The van der Waals surface area contributed by atoms with E-state index in [2.05, 4.69) is 13.8 Å². The molecule has 1 rings (SSSR count). The van der Waals surface area contributed by atoms with Gasteiger partial charge in [0.05, 0.1) is 6.10 Å². The summed E-state index contributed by atoms with van der Waals surface area (Å²) in [5, 5.41) is 9.32. The third-order valence-corrected chi connectivity index (χ3v) is 2.06. The fourth-order valence-electron chi connectivity index (χ4n) is 1.51. The number of hydrogen-bond donors (Lipinski definition) is 1. The molecule has 0 aromatic carbocycles. The smallest absolute Gasteiger partial charge is 0.222 e. The van der Waals surface area contributed by atoms with E-state index in [-0.39, 0.29) is 12.0 Å². The molecule has 1 aliphatic rings. The van der Waals surface area contributed by atoms with Crippen molar-refractivity contribution in [1.82, 2.24) is 4.90 Å². The van der Waals surface area contributed by atoms with Crippen molar-refractivity contribution in [2.75, 3.05) is 13.1 Å². The molecule has 1 fully saturated rings. The van der Waals surface area contributed by atoms with Gasteiger partial charge in [0.1, 0.15) is 0 Å². The first-order valence-electron chi connectivity index (χ1n) is 4.55. The highest BCUT2D eigenvalue weighted by Gasteiger charge is 2.23. The normalized spacial score (nSPS) is 25.2. The zero-order chi connectivity index (χ0) is 9.14. The van der Waals surface area contributed by atoms with Crippen LogP contribution in [0.5, 0.6) is 0 Å². The van der Waals surface area contributed by atoms with Gasteiger partial charge in [0.25, 0.3) is 0 Å². The zero-order valence-corrected chi connectivity index (χ0v) is 7.79. The zero-order valence-electron chi connectivity index (χ0n) is 7.79. The molecule has 1 atom stereocenters. The van der Waals surface area contributed by atoms with E-state index in [1.807, 2.05) is 0 Å². The third-order valence-electron chi connectivity index (χ3n) is 2.06. The minimum absolute atomic E-state index is 0.189. The van der Waals surface area contributed by atoms with Crippen molar-refractivity contribution in [1.29, 1.82) is 0 Å². The summed E-state index contributed by atoms with van der Waals surface area (Å²) in [4.78, 5) is 13.1. The van der Waals surface area contributed by atoms with Crippen molar-refractivity contribution in [3.05, 3.63) is 0 Å². The van der Waals surface area contributed by atoms with Crippen molar-refractivity contribution in [3.8, 4) is 0 Å². The van der Waals surface area contributed by atoms with Crippen LogP contribution in [0, 0.1) is 5.92 Å². The summed E-state index contributed by atoms with van der Waals surface area (Å²) in [7, 11) is 0. The first-order chi connectivity index (χ1) is 5.59. The number of aliphatic hydroxyl groups is 1. The number of amides is 1. The van der Waals surface area contributed by atoms with Crippen LogP contribution in [0.3, 0.4) is 0 Å². The molecule has 0 bridgehead atoms. The summed E-state index contributed by atoms with van der Waals surface area (Å²) in [5.74, 6) is 0.674. The number of carbonyl (C=O) groups excluding carboxylic acids is 1. The molecule has 0 saturated carbocycles. The van der Waals surface area contributed by atoms with Crippen molar-refractivity contribution in [3.63, 3.8) is 0 Å². The van der Waals surface area contributed by atoms with E-state index in [4.69, 9.17) is 0 Å². The van der Waals surface area contributed by atoms with Gasteiger partial charge in [-0.3, -0.25) is 4.79 Å². The average Bonchev–Trinajstić information content (AvgIpc) is 1.96. The van der Waals surface area contributed by atoms with E-state index < -0.39 is 0 Å². The minimum atomic E-state index is -0.304. The number of rotatable bonds is 2. The maximum Gasteiger partial charge on any atom is 0.222 e. The highest BCUT2D eigenvalue weighted by Crippen LogP contribution is 2.12. The summed E-state index contributed by atoms with van der Waals surface area (Å²) in [5.41, 5.74) is 0. The number of nitrogens with zero attached hydrogens (tertiary/aromatic N) is 1. The van der Waals surface area contributed by atoms with E-state index >= 15 is 0 Å². The summed E-state index contributed by atoms with van der Waals surface area (Å²) < 4.78 is 0. The fourth-order valence-corrected chi connectivity index (χ4v) is 1.51. The Kier molecular flexibility index (Phi) is 3.09. The molecule has 1 amide bonds. The molecular weight excluding hydrogens is 154 g/mol. The number of aliphatic hydroxyl groups excluding tert-OH is 1. The molecule has 3 heteroatoms. The lowest BCUT2D eigenvalue weighted by atomic mass is 10.1. The van der Waals surface area contributed by atoms with E-state index in [1.54, 1.807) is 4.90 Å². The van der Waals surface area contributed by atoms with Gasteiger partial charge in [0.15, 0.2) is 0 Å². The maximum atomic E-state index is 11.3. The van der Waals surface area contributed by atoms with Crippen LogP contribution in [-0.4, -0.2) is 35.1 Å². The van der Waals surface area contributed by atoms with Crippen molar-refractivity contribution < 1.29 is 9.90 Å². The quantitative estimate of drug-likeness (QED) is 0.662. The number of β-amino-alcohol motifs (C(OH)–C–C–N with tert-alkyl or cyclic N) is 1. The fraction of sp³-hybridized carbons (Fsp3) is 0.889. The molecule has 0 aliphatic carbocycles. The molecule has 1 heterocycles. The van der Waals surface area contributed by atoms with Crippen LogP contribution in [0.1, 0.15) is 26.7 Å². The van der Waals surface area contributed by atoms with Gasteiger partial charge in [0.2, 0.25) is 5.91 Å². The second-order valence-electron chi connectivity index (χ2n) is 3.89. The molecule has 1 unspecified atom stereocenters. The molecule has 1 N–H and O–H groups in total. The van der Waals surface area contributed by atoms with Crippen LogP contribution >= 0.6 is 0 Å². The Morgan fingerprint density at radius 2 is 2.33 bits per heavy atom. The first-order valence-corrected chi connectivity index (χ1v) is 4.55. The van der Waals surface area contributed by atoms with Crippen LogP contribution in [0.2, 0.25) is 0 Å². The lowest BCUT2D eigenvalue weighted by molar-refractivity contribution is -0.137. The lowest BCUT2D eigenvalue weighted by Gasteiger charge is -2.31. The number of piperidine rings is 1. The predicted molar refractivity (Wildman–Crippen MR) is 46.7 cm³/mol. The molecule has 0 radical (unpaired) electrons. The van der Waals surface area contributed by atoms with Gasteiger partial charge in [-0.05, 0) is 12.3 Å². The van der Waals surface area contributed by atoms with E-state index in [0.29, 0.717) is 25.3 Å². The molecule has 0 spiro atoms. The molecule has 3 nitrogen and oxygen atoms in total. The lowest BCUT2D eigenvalue weighted by Crippen LogP contribution is -2.44. The Hall–Kier alpha value is -0.570. The Morgan fingerprint density at radius 3 is 2.92 bits per heavy atom. The van der Waals surface area contributed by atoms with E-state index in [9.17, 15) is 9.90 Å². The van der Waals surface area contributed by atoms with Gasteiger partial charge in [0, 0.05) is 19.5 Å². The second kappa shape index (κ2) is 3.90. The van der Waals surface area contributed by atoms with Gasteiger partial charge >= 0.3 is 0 Å². The van der Waals surface area contributed by atoms with Gasteiger partial charge < -0.3 is 10.0 Å². The minimum Gasteiger partial charge on any atom is -0.391 e. The molecule has 1 aliphatic heterocycles. The molecule has 12 heavy (non-hydrogen) atoms. The molecule has 0 aromatic rings. The second-order valence-corrected chi connectivity index (χ2v) is 3.89. The van der Waals surface area contributed by atoms with E-state index in [0.717, 1.165) is 6.54 Å². The summed E-state index contributed by atoms with van der Waals surface area (Å²) in [6.07, 6.45) is 0.836. The monoisotopic (exact) mass is 171 g/mol. The van der Waals surface area contributed by atoms with Crippen LogP contribution in [-0.2, 0) is 4.79 Å². The topological polar surface area (TPSA) is 40.5 Å². The Balaban J connectivity index is 2.43.